The van der Waals surface area contributed by atoms with Gasteiger partial charge in [0.15, 0.2) is 11.5 Å². The minimum absolute atomic E-state index is 0.00631. The van der Waals surface area contributed by atoms with Gasteiger partial charge in [-0.3, -0.25) is 13.9 Å². The molecule has 32 heavy (non-hydrogen) atoms. The summed E-state index contributed by atoms with van der Waals surface area (Å²) in [7, 11) is 4.40. The van der Waals surface area contributed by atoms with E-state index in [0.717, 1.165) is 4.57 Å². The number of hydrogen-bond acceptors (Lipinski definition) is 7. The molecule has 0 bridgehead atoms. The highest BCUT2D eigenvalue weighted by Gasteiger charge is 2.26. The number of rotatable bonds is 7. The van der Waals surface area contributed by atoms with Crippen LogP contribution in [0.1, 0.15) is 23.0 Å². The van der Waals surface area contributed by atoms with Crippen molar-refractivity contribution in [2.45, 2.75) is 13.8 Å². The predicted octanol–water partition coefficient (Wildman–Crippen LogP) is 2.36. The van der Waals surface area contributed by atoms with E-state index < -0.39 is 17.2 Å². The molecule has 0 saturated heterocycles. The second-order valence-electron chi connectivity index (χ2n) is 7.04. The van der Waals surface area contributed by atoms with Crippen LogP contribution >= 0.6 is 0 Å². The van der Waals surface area contributed by atoms with Crippen molar-refractivity contribution in [3.05, 3.63) is 62.9 Å². The predicted molar refractivity (Wildman–Crippen MR) is 121 cm³/mol. The van der Waals surface area contributed by atoms with Gasteiger partial charge < -0.3 is 14.2 Å². The quantitative estimate of drug-likeness (QED) is 0.411. The summed E-state index contributed by atoms with van der Waals surface area (Å²) in [5.41, 5.74) is 0.335. The molecule has 9 nitrogen and oxygen atoms in total. The number of ether oxygens (including phenoxy) is 3. The molecule has 168 valence electrons. The van der Waals surface area contributed by atoms with Gasteiger partial charge >= 0.3 is 11.7 Å². The minimum atomic E-state index is -0.657. The lowest BCUT2D eigenvalue weighted by Crippen LogP contribution is -2.38. The van der Waals surface area contributed by atoms with Gasteiger partial charge in [-0.2, -0.15) is 0 Å². The van der Waals surface area contributed by atoms with E-state index in [2.05, 4.69) is 11.6 Å². The third-order valence-electron chi connectivity index (χ3n) is 5.06. The molecule has 0 N–H and O–H groups in total. The van der Waals surface area contributed by atoms with Crippen LogP contribution in [0.4, 0.5) is 0 Å². The number of aryl methyl sites for hydroxylation is 2. The molecule has 0 saturated carbocycles. The Morgan fingerprint density at radius 1 is 1.19 bits per heavy atom. The molecule has 0 amide bonds. The molecule has 2 aromatic heterocycles. The van der Waals surface area contributed by atoms with E-state index in [1.165, 1.54) is 31.8 Å². The number of nitrogens with zero attached hydrogens (tertiary/aromatic N) is 3. The Kier molecular flexibility index (Phi) is 6.47. The zero-order valence-corrected chi connectivity index (χ0v) is 18.7. The average molecular weight is 439 g/mol. The molecule has 0 unspecified atom stereocenters. The van der Waals surface area contributed by atoms with Gasteiger partial charge in [0.1, 0.15) is 12.3 Å². The topological polar surface area (TPSA) is 102 Å². The Morgan fingerprint density at radius 3 is 2.53 bits per heavy atom. The molecule has 0 aliphatic carbocycles. The standard InChI is InChI=1S/C23H25N3O6/c1-7-11-32-22(28)17-13(3)24-20-19(21(27)26(5)23(29)25(20)4)18(17)14-9-10-15(31-8-2)16(12-14)30-6/h7,9-10,12H,1,8,11H2,2-6H3. The number of carbonyl (C=O) groups is 1. The normalized spacial score (nSPS) is 10.8. The van der Waals surface area contributed by atoms with E-state index in [0.29, 0.717) is 34.9 Å². The summed E-state index contributed by atoms with van der Waals surface area (Å²) in [4.78, 5) is 43.1. The molecule has 3 aromatic rings. The molecule has 9 heteroatoms. The Balaban J connectivity index is 2.51. The maximum absolute atomic E-state index is 13.2. The van der Waals surface area contributed by atoms with Crippen molar-refractivity contribution in [2.24, 2.45) is 14.1 Å². The van der Waals surface area contributed by atoms with Crippen LogP contribution in [-0.4, -0.2) is 40.4 Å². The largest absolute Gasteiger partial charge is 0.493 e. The fourth-order valence-corrected chi connectivity index (χ4v) is 3.55. The number of benzene rings is 1. The smallest absolute Gasteiger partial charge is 0.340 e. The SMILES string of the molecule is C=CCOC(=O)c1c(C)nc2c(c1-c1ccc(OCC)c(OC)c1)c(=O)n(C)c(=O)n2C. The molecule has 2 heterocycles. The van der Waals surface area contributed by atoms with Crippen molar-refractivity contribution in [1.29, 1.82) is 0 Å². The van der Waals surface area contributed by atoms with Crippen LogP contribution in [0.5, 0.6) is 11.5 Å². The van der Waals surface area contributed by atoms with Gasteiger partial charge in [0.05, 0.1) is 30.4 Å². The average Bonchev–Trinajstić information content (AvgIpc) is 2.79. The zero-order chi connectivity index (χ0) is 23.6. The van der Waals surface area contributed by atoms with Gasteiger partial charge in [0.2, 0.25) is 0 Å². The first-order valence-electron chi connectivity index (χ1n) is 9.96. The summed E-state index contributed by atoms with van der Waals surface area (Å²) in [5.74, 6) is 0.291. The summed E-state index contributed by atoms with van der Waals surface area (Å²) in [6.45, 7) is 7.47. The van der Waals surface area contributed by atoms with Gasteiger partial charge in [-0.15, -0.1) is 0 Å². The molecule has 0 radical (unpaired) electrons. The van der Waals surface area contributed by atoms with Gasteiger partial charge in [-0.25, -0.2) is 14.6 Å². The highest BCUT2D eigenvalue weighted by Crippen LogP contribution is 2.37. The van der Waals surface area contributed by atoms with Gasteiger partial charge in [-0.1, -0.05) is 18.7 Å². The van der Waals surface area contributed by atoms with Gasteiger partial charge in [0, 0.05) is 19.7 Å². The Hall–Kier alpha value is -3.88. The molecular weight excluding hydrogens is 414 g/mol. The Morgan fingerprint density at radius 2 is 1.91 bits per heavy atom. The van der Waals surface area contributed by atoms with Crippen molar-refractivity contribution in [3.8, 4) is 22.6 Å². The van der Waals surface area contributed by atoms with Crippen molar-refractivity contribution in [1.82, 2.24) is 14.1 Å². The second kappa shape index (κ2) is 9.09. The van der Waals surface area contributed by atoms with Crippen molar-refractivity contribution >= 4 is 17.0 Å². The van der Waals surface area contributed by atoms with Gasteiger partial charge in [-0.05, 0) is 31.5 Å². The monoisotopic (exact) mass is 439 g/mol. The zero-order valence-electron chi connectivity index (χ0n) is 18.7. The lowest BCUT2D eigenvalue weighted by atomic mass is 9.95. The summed E-state index contributed by atoms with van der Waals surface area (Å²) >= 11 is 0. The second-order valence-corrected chi connectivity index (χ2v) is 7.04. The number of aromatic nitrogens is 3. The molecule has 1 aromatic carbocycles. The van der Waals surface area contributed by atoms with E-state index in [1.54, 1.807) is 25.1 Å². The minimum Gasteiger partial charge on any atom is -0.493 e. The highest BCUT2D eigenvalue weighted by molar-refractivity contribution is 6.07. The van der Waals surface area contributed by atoms with Crippen LogP contribution in [0.2, 0.25) is 0 Å². The first kappa shape index (κ1) is 22.8. The van der Waals surface area contributed by atoms with E-state index in [4.69, 9.17) is 14.2 Å². The fourth-order valence-electron chi connectivity index (χ4n) is 3.55. The molecule has 0 aliphatic rings. The van der Waals surface area contributed by atoms with Crippen LogP contribution in [-0.2, 0) is 18.8 Å². The van der Waals surface area contributed by atoms with Crippen molar-refractivity contribution in [3.63, 3.8) is 0 Å². The molecular formula is C23H25N3O6. The lowest BCUT2D eigenvalue weighted by Gasteiger charge is -2.18. The Bertz CT molecular complexity index is 1340. The van der Waals surface area contributed by atoms with Crippen LogP contribution in [0.25, 0.3) is 22.2 Å². The van der Waals surface area contributed by atoms with E-state index in [-0.39, 0.29) is 23.2 Å². The Labute approximate surface area is 184 Å². The highest BCUT2D eigenvalue weighted by atomic mass is 16.5. The maximum Gasteiger partial charge on any atom is 0.340 e. The third kappa shape index (κ3) is 3.77. The summed E-state index contributed by atoms with van der Waals surface area (Å²) < 4.78 is 18.6. The molecule has 0 spiro atoms. The summed E-state index contributed by atoms with van der Waals surface area (Å²) in [6, 6.07) is 5.09. The lowest BCUT2D eigenvalue weighted by molar-refractivity contribution is 0.0549. The number of hydrogen-bond donors (Lipinski definition) is 0. The van der Waals surface area contributed by atoms with Crippen LogP contribution < -0.4 is 20.7 Å². The van der Waals surface area contributed by atoms with Gasteiger partial charge in [0.25, 0.3) is 5.56 Å². The number of carbonyl (C=O) groups excluding carboxylic acids is 1. The number of fused-ring (bicyclic) bond motifs is 1. The van der Waals surface area contributed by atoms with Crippen LogP contribution in [0.3, 0.4) is 0 Å². The third-order valence-corrected chi connectivity index (χ3v) is 5.06. The summed E-state index contributed by atoms with van der Waals surface area (Å²) in [6.07, 6.45) is 1.45. The fraction of sp³-hybridized carbons (Fsp3) is 0.304. The number of esters is 1. The van der Waals surface area contributed by atoms with Crippen LogP contribution in [0.15, 0.2) is 40.4 Å². The van der Waals surface area contributed by atoms with E-state index in [1.807, 2.05) is 6.92 Å². The van der Waals surface area contributed by atoms with E-state index >= 15 is 0 Å². The summed E-state index contributed by atoms with van der Waals surface area (Å²) in [5, 5.41) is 0.122. The molecule has 3 rings (SSSR count). The number of methoxy groups -OCH3 is 1. The van der Waals surface area contributed by atoms with Crippen LogP contribution in [0, 0.1) is 6.92 Å². The maximum atomic E-state index is 13.2. The first-order valence-corrected chi connectivity index (χ1v) is 9.96. The molecule has 0 atom stereocenters. The van der Waals surface area contributed by atoms with E-state index in [9.17, 15) is 14.4 Å². The van der Waals surface area contributed by atoms with Crippen molar-refractivity contribution < 1.29 is 19.0 Å². The van der Waals surface area contributed by atoms with Crippen molar-refractivity contribution in [2.75, 3.05) is 20.3 Å². The first-order chi connectivity index (χ1) is 15.3. The molecule has 0 aliphatic heterocycles. The molecule has 0 fully saturated rings. The number of pyridine rings is 1.